The van der Waals surface area contributed by atoms with E-state index in [1.807, 2.05) is 12.4 Å². The van der Waals surface area contributed by atoms with Gasteiger partial charge in [-0.2, -0.15) is 0 Å². The molecule has 1 aliphatic rings. The lowest BCUT2D eigenvalue weighted by atomic mass is 9.87. The number of nitrogens with zero attached hydrogens (tertiary/aromatic N) is 1. The maximum atomic E-state index is 9.64. The van der Waals surface area contributed by atoms with Gasteiger partial charge in [-0.3, -0.25) is 4.98 Å². The molecule has 1 aromatic heterocycles. The van der Waals surface area contributed by atoms with Gasteiger partial charge in [-0.1, -0.05) is 6.42 Å². The summed E-state index contributed by atoms with van der Waals surface area (Å²) in [6.45, 7) is 3.90. The predicted octanol–water partition coefficient (Wildman–Crippen LogP) is 2.48. The second-order valence-electron chi connectivity index (χ2n) is 5.06. The number of aliphatic hydroxyl groups is 1. The van der Waals surface area contributed by atoms with Crippen molar-refractivity contribution in [3.8, 4) is 0 Å². The molecule has 1 heterocycles. The zero-order valence-corrected chi connectivity index (χ0v) is 11.0. The first kappa shape index (κ1) is 13.1. The number of aliphatic hydroxyl groups excluding tert-OH is 1. The molecule has 2 rings (SSSR count). The van der Waals surface area contributed by atoms with Gasteiger partial charge in [0.1, 0.15) is 0 Å². The molecular weight excluding hydrogens is 226 g/mol. The molecule has 3 N–H and O–H groups in total. The monoisotopic (exact) mass is 249 g/mol. The molecule has 0 amide bonds. The number of hydrogen-bond acceptors (Lipinski definition) is 4. The second-order valence-corrected chi connectivity index (χ2v) is 5.06. The van der Waals surface area contributed by atoms with Crippen LogP contribution in [0.3, 0.4) is 0 Å². The van der Waals surface area contributed by atoms with Crippen molar-refractivity contribution >= 4 is 11.4 Å². The van der Waals surface area contributed by atoms with E-state index in [9.17, 15) is 5.11 Å². The minimum absolute atomic E-state index is 0.100. The molecule has 0 aromatic carbocycles. The molecule has 1 aromatic rings. The summed E-state index contributed by atoms with van der Waals surface area (Å²) < 4.78 is 0. The fourth-order valence-corrected chi connectivity index (χ4v) is 2.55. The molecule has 2 unspecified atom stereocenters. The standard InChI is InChI=1S/C14H23N3O/c1-2-16-12-7-13(10-15-9-12)17-8-11-4-3-5-14(18)6-11/h7,9-11,14,16-18H,2-6,8H2,1H3. The van der Waals surface area contributed by atoms with E-state index in [4.69, 9.17) is 0 Å². The molecule has 1 fully saturated rings. The third-order valence-electron chi connectivity index (χ3n) is 3.47. The van der Waals surface area contributed by atoms with Gasteiger partial charge in [0.05, 0.1) is 29.9 Å². The van der Waals surface area contributed by atoms with Crippen molar-refractivity contribution in [2.45, 2.75) is 38.7 Å². The molecule has 100 valence electrons. The quantitative estimate of drug-likeness (QED) is 0.750. The maximum absolute atomic E-state index is 9.64. The Labute approximate surface area is 109 Å². The molecule has 1 aliphatic carbocycles. The highest BCUT2D eigenvalue weighted by molar-refractivity contribution is 5.53. The van der Waals surface area contributed by atoms with Crippen molar-refractivity contribution < 1.29 is 5.11 Å². The number of nitrogens with one attached hydrogen (secondary N) is 2. The average molecular weight is 249 g/mol. The van der Waals surface area contributed by atoms with Gasteiger partial charge < -0.3 is 15.7 Å². The van der Waals surface area contributed by atoms with Crippen molar-refractivity contribution in [2.24, 2.45) is 5.92 Å². The first-order chi connectivity index (χ1) is 8.78. The summed E-state index contributed by atoms with van der Waals surface area (Å²) in [5.41, 5.74) is 2.10. The summed E-state index contributed by atoms with van der Waals surface area (Å²) in [7, 11) is 0. The van der Waals surface area contributed by atoms with Gasteiger partial charge in [0.2, 0.25) is 0 Å². The number of rotatable bonds is 5. The predicted molar refractivity (Wildman–Crippen MR) is 74.9 cm³/mol. The summed E-state index contributed by atoms with van der Waals surface area (Å²) in [5, 5.41) is 16.3. The van der Waals surface area contributed by atoms with Gasteiger partial charge in [0.25, 0.3) is 0 Å². The second kappa shape index (κ2) is 6.59. The zero-order valence-electron chi connectivity index (χ0n) is 11.0. The fourth-order valence-electron chi connectivity index (χ4n) is 2.55. The van der Waals surface area contributed by atoms with Crippen LogP contribution in [0.5, 0.6) is 0 Å². The van der Waals surface area contributed by atoms with Crippen LogP contribution >= 0.6 is 0 Å². The van der Waals surface area contributed by atoms with Crippen LogP contribution < -0.4 is 10.6 Å². The lowest BCUT2D eigenvalue weighted by Crippen LogP contribution is -2.25. The minimum atomic E-state index is -0.100. The van der Waals surface area contributed by atoms with Crippen LogP contribution in [0.1, 0.15) is 32.6 Å². The van der Waals surface area contributed by atoms with E-state index < -0.39 is 0 Å². The van der Waals surface area contributed by atoms with Gasteiger partial charge in [0, 0.05) is 13.1 Å². The van der Waals surface area contributed by atoms with Crippen LogP contribution in [0.15, 0.2) is 18.5 Å². The number of anilines is 2. The summed E-state index contributed by atoms with van der Waals surface area (Å²) in [4.78, 5) is 4.21. The van der Waals surface area contributed by atoms with Gasteiger partial charge in [-0.25, -0.2) is 0 Å². The fraction of sp³-hybridized carbons (Fsp3) is 0.643. The van der Waals surface area contributed by atoms with Crippen LogP contribution in [0.2, 0.25) is 0 Å². The Bertz CT molecular complexity index is 370. The van der Waals surface area contributed by atoms with Crippen molar-refractivity contribution in [3.05, 3.63) is 18.5 Å². The molecule has 0 radical (unpaired) electrons. The number of aromatic nitrogens is 1. The van der Waals surface area contributed by atoms with Crippen LogP contribution in [0.25, 0.3) is 0 Å². The van der Waals surface area contributed by atoms with Crippen molar-refractivity contribution in [1.82, 2.24) is 4.98 Å². The minimum Gasteiger partial charge on any atom is -0.393 e. The maximum Gasteiger partial charge on any atom is 0.0547 e. The topological polar surface area (TPSA) is 57.2 Å². The van der Waals surface area contributed by atoms with E-state index in [1.54, 1.807) is 0 Å². The summed E-state index contributed by atoms with van der Waals surface area (Å²) >= 11 is 0. The number of pyridine rings is 1. The molecule has 0 saturated heterocycles. The SMILES string of the molecule is CCNc1cncc(NCC2CCCC(O)C2)c1. The summed E-state index contributed by atoms with van der Waals surface area (Å²) in [5.74, 6) is 0.580. The highest BCUT2D eigenvalue weighted by atomic mass is 16.3. The lowest BCUT2D eigenvalue weighted by molar-refractivity contribution is 0.105. The first-order valence-corrected chi connectivity index (χ1v) is 6.88. The average Bonchev–Trinajstić information content (AvgIpc) is 2.37. The van der Waals surface area contributed by atoms with Gasteiger partial charge >= 0.3 is 0 Å². The highest BCUT2D eigenvalue weighted by Crippen LogP contribution is 2.24. The van der Waals surface area contributed by atoms with E-state index >= 15 is 0 Å². The molecule has 2 atom stereocenters. The van der Waals surface area contributed by atoms with Gasteiger partial charge in [-0.15, -0.1) is 0 Å². The van der Waals surface area contributed by atoms with Crippen molar-refractivity contribution in [1.29, 1.82) is 0 Å². The van der Waals surface area contributed by atoms with E-state index in [0.29, 0.717) is 5.92 Å². The van der Waals surface area contributed by atoms with E-state index in [2.05, 4.69) is 28.6 Å². The smallest absolute Gasteiger partial charge is 0.0547 e. The van der Waals surface area contributed by atoms with Crippen molar-refractivity contribution in [3.63, 3.8) is 0 Å². The molecule has 18 heavy (non-hydrogen) atoms. The molecule has 4 nitrogen and oxygen atoms in total. The Hall–Kier alpha value is -1.29. The van der Waals surface area contributed by atoms with E-state index in [1.165, 1.54) is 6.42 Å². The van der Waals surface area contributed by atoms with Crippen LogP contribution in [-0.2, 0) is 0 Å². The highest BCUT2D eigenvalue weighted by Gasteiger charge is 2.19. The third-order valence-corrected chi connectivity index (χ3v) is 3.47. The molecule has 0 bridgehead atoms. The third kappa shape index (κ3) is 3.88. The lowest BCUT2D eigenvalue weighted by Gasteiger charge is -2.26. The Morgan fingerprint density at radius 3 is 2.78 bits per heavy atom. The molecule has 4 heteroatoms. The molecule has 1 saturated carbocycles. The Morgan fingerprint density at radius 2 is 2.06 bits per heavy atom. The molecule has 0 aliphatic heterocycles. The van der Waals surface area contributed by atoms with Gasteiger partial charge in [-0.05, 0) is 38.2 Å². The number of hydrogen-bond donors (Lipinski definition) is 3. The molecule has 0 spiro atoms. The van der Waals surface area contributed by atoms with E-state index in [0.717, 1.165) is 43.7 Å². The summed E-state index contributed by atoms with van der Waals surface area (Å²) in [6, 6.07) is 2.08. The summed E-state index contributed by atoms with van der Waals surface area (Å²) in [6.07, 6.45) is 7.82. The Morgan fingerprint density at radius 1 is 1.28 bits per heavy atom. The largest absolute Gasteiger partial charge is 0.393 e. The van der Waals surface area contributed by atoms with Crippen LogP contribution in [0, 0.1) is 5.92 Å². The normalized spacial score (nSPS) is 23.7. The zero-order chi connectivity index (χ0) is 12.8. The van der Waals surface area contributed by atoms with Crippen molar-refractivity contribution in [2.75, 3.05) is 23.7 Å². The van der Waals surface area contributed by atoms with E-state index in [-0.39, 0.29) is 6.10 Å². The van der Waals surface area contributed by atoms with Crippen LogP contribution in [-0.4, -0.2) is 29.3 Å². The first-order valence-electron chi connectivity index (χ1n) is 6.88. The van der Waals surface area contributed by atoms with Crippen LogP contribution in [0.4, 0.5) is 11.4 Å². The Kier molecular flexibility index (Phi) is 4.81. The molecular formula is C14H23N3O. The Balaban J connectivity index is 1.83. The van der Waals surface area contributed by atoms with Gasteiger partial charge in [0.15, 0.2) is 0 Å².